The van der Waals surface area contributed by atoms with E-state index in [1.807, 2.05) is 43.5 Å². The van der Waals surface area contributed by atoms with Crippen LogP contribution < -0.4 is 15.4 Å². The van der Waals surface area contributed by atoms with Crippen LogP contribution in [-0.4, -0.2) is 35.4 Å². The second kappa shape index (κ2) is 7.49. The van der Waals surface area contributed by atoms with Crippen molar-refractivity contribution >= 4 is 5.91 Å². The summed E-state index contributed by atoms with van der Waals surface area (Å²) in [5.41, 5.74) is 0.368. The number of piperidine rings is 1. The summed E-state index contributed by atoms with van der Waals surface area (Å²) < 4.78 is 7.44. The molecule has 1 aliphatic rings. The maximum absolute atomic E-state index is 13.0. The molecule has 0 bridgehead atoms. The number of hydrogen-bond donors (Lipinski definition) is 2. The van der Waals surface area contributed by atoms with Gasteiger partial charge in [0.2, 0.25) is 5.91 Å². The van der Waals surface area contributed by atoms with Gasteiger partial charge in [0.05, 0.1) is 6.61 Å². The lowest BCUT2D eigenvalue weighted by Crippen LogP contribution is -2.54. The predicted molar refractivity (Wildman–Crippen MR) is 91.8 cm³/mol. The van der Waals surface area contributed by atoms with Crippen molar-refractivity contribution in [2.45, 2.75) is 31.8 Å². The molecule has 1 saturated heterocycles. The molecule has 6 nitrogen and oxygen atoms in total. The van der Waals surface area contributed by atoms with Crippen molar-refractivity contribution in [3.05, 3.63) is 48.3 Å². The van der Waals surface area contributed by atoms with E-state index in [0.717, 1.165) is 37.2 Å². The molecule has 0 aliphatic carbocycles. The molecule has 6 heteroatoms. The monoisotopic (exact) mass is 328 g/mol. The quantitative estimate of drug-likeness (QED) is 0.846. The number of nitrogens with zero attached hydrogens (tertiary/aromatic N) is 2. The molecular weight excluding hydrogens is 304 g/mol. The number of hydrogen-bond acceptors (Lipinski definition) is 4. The minimum atomic E-state index is -0.616. The topological polar surface area (TPSA) is 68.2 Å². The molecule has 24 heavy (non-hydrogen) atoms. The molecule has 1 aromatic heterocycles. The number of ether oxygens (including phenoxy) is 1. The summed E-state index contributed by atoms with van der Waals surface area (Å²) in [5, 5.41) is 10.7. The first-order chi connectivity index (χ1) is 11.8. The number of amides is 1. The predicted octanol–water partition coefficient (Wildman–Crippen LogP) is 1.68. The van der Waals surface area contributed by atoms with Gasteiger partial charge >= 0.3 is 0 Å². The fourth-order valence-corrected chi connectivity index (χ4v) is 3.21. The van der Waals surface area contributed by atoms with E-state index in [0.29, 0.717) is 13.2 Å². The molecule has 0 spiro atoms. The van der Waals surface area contributed by atoms with Crippen LogP contribution in [0.15, 0.2) is 42.7 Å². The van der Waals surface area contributed by atoms with E-state index in [-0.39, 0.29) is 5.91 Å². The van der Waals surface area contributed by atoms with E-state index >= 15 is 0 Å². The van der Waals surface area contributed by atoms with Crippen molar-refractivity contribution in [2.75, 3.05) is 19.7 Å². The summed E-state index contributed by atoms with van der Waals surface area (Å²) >= 11 is 0. The highest BCUT2D eigenvalue weighted by atomic mass is 16.5. The lowest BCUT2D eigenvalue weighted by molar-refractivity contribution is -0.132. The minimum absolute atomic E-state index is 0.0130. The Bertz CT molecular complexity index is 663. The molecule has 0 atom stereocenters. The van der Waals surface area contributed by atoms with Gasteiger partial charge in [0.15, 0.2) is 0 Å². The van der Waals surface area contributed by atoms with E-state index in [4.69, 9.17) is 4.74 Å². The average molecular weight is 328 g/mol. The van der Waals surface area contributed by atoms with Crippen LogP contribution in [0, 0.1) is 0 Å². The largest absolute Gasteiger partial charge is 0.494 e. The summed E-state index contributed by atoms with van der Waals surface area (Å²) in [7, 11) is 0. The SMILES string of the molecule is CCOc1ccccc1CNC(=O)C1(n2cccn2)CCNCC1. The van der Waals surface area contributed by atoms with E-state index < -0.39 is 5.54 Å². The molecule has 1 fully saturated rings. The number of rotatable bonds is 6. The molecule has 0 radical (unpaired) electrons. The second-order valence-electron chi connectivity index (χ2n) is 5.96. The van der Waals surface area contributed by atoms with Gasteiger partial charge in [0, 0.05) is 24.5 Å². The van der Waals surface area contributed by atoms with Gasteiger partial charge in [-0.3, -0.25) is 9.48 Å². The zero-order chi connectivity index (χ0) is 16.8. The third kappa shape index (κ3) is 3.28. The normalized spacial score (nSPS) is 16.5. The van der Waals surface area contributed by atoms with E-state index in [9.17, 15) is 4.79 Å². The molecule has 1 aliphatic heterocycles. The molecule has 1 amide bonds. The first-order valence-corrected chi connectivity index (χ1v) is 8.46. The van der Waals surface area contributed by atoms with Gasteiger partial charge in [-0.15, -0.1) is 0 Å². The minimum Gasteiger partial charge on any atom is -0.494 e. The molecule has 128 valence electrons. The van der Waals surface area contributed by atoms with Crippen LogP contribution in [0.4, 0.5) is 0 Å². The Morgan fingerprint density at radius 2 is 2.12 bits per heavy atom. The molecule has 3 rings (SSSR count). The number of carbonyl (C=O) groups excluding carboxylic acids is 1. The van der Waals surface area contributed by atoms with Gasteiger partial charge in [0.25, 0.3) is 0 Å². The van der Waals surface area contributed by atoms with Crippen LogP contribution in [0.2, 0.25) is 0 Å². The van der Waals surface area contributed by atoms with Crippen LogP contribution >= 0.6 is 0 Å². The Kier molecular flexibility index (Phi) is 5.15. The zero-order valence-corrected chi connectivity index (χ0v) is 14.0. The van der Waals surface area contributed by atoms with Gasteiger partial charge in [-0.05, 0) is 45.0 Å². The van der Waals surface area contributed by atoms with Crippen molar-refractivity contribution in [1.82, 2.24) is 20.4 Å². The maximum Gasteiger partial charge on any atom is 0.248 e. The summed E-state index contributed by atoms with van der Waals surface area (Å²) in [4.78, 5) is 13.0. The first-order valence-electron chi connectivity index (χ1n) is 8.46. The van der Waals surface area contributed by atoms with Crippen LogP contribution in [0.3, 0.4) is 0 Å². The standard InChI is InChI=1S/C18H24N4O2/c1-2-24-16-7-4-3-6-15(16)14-20-17(23)18(8-11-19-12-9-18)22-13-5-10-21-22/h3-7,10,13,19H,2,8-9,11-12,14H2,1H3,(H,20,23). The third-order valence-electron chi connectivity index (χ3n) is 4.51. The molecule has 2 heterocycles. The average Bonchev–Trinajstić information content (AvgIpc) is 3.17. The second-order valence-corrected chi connectivity index (χ2v) is 5.96. The number of nitrogens with one attached hydrogen (secondary N) is 2. The summed E-state index contributed by atoms with van der Waals surface area (Å²) in [6.07, 6.45) is 5.06. The molecular formula is C18H24N4O2. The van der Waals surface area contributed by atoms with E-state index in [2.05, 4.69) is 15.7 Å². The smallest absolute Gasteiger partial charge is 0.248 e. The van der Waals surface area contributed by atoms with E-state index in [1.54, 1.807) is 10.9 Å². The lowest BCUT2D eigenvalue weighted by atomic mass is 9.87. The van der Waals surface area contributed by atoms with Crippen LogP contribution in [0.1, 0.15) is 25.3 Å². The Labute approximate surface area is 142 Å². The fraction of sp³-hybridized carbons (Fsp3) is 0.444. The highest BCUT2D eigenvalue weighted by Crippen LogP contribution is 2.27. The van der Waals surface area contributed by atoms with Crippen LogP contribution in [-0.2, 0) is 16.9 Å². The molecule has 0 saturated carbocycles. The Balaban J connectivity index is 1.75. The zero-order valence-electron chi connectivity index (χ0n) is 14.0. The van der Waals surface area contributed by atoms with Crippen molar-refractivity contribution in [1.29, 1.82) is 0 Å². The fourth-order valence-electron chi connectivity index (χ4n) is 3.21. The first kappa shape index (κ1) is 16.5. The van der Waals surface area contributed by atoms with Crippen molar-refractivity contribution in [3.63, 3.8) is 0 Å². The highest BCUT2D eigenvalue weighted by Gasteiger charge is 2.41. The summed E-state index contributed by atoms with van der Waals surface area (Å²) in [6, 6.07) is 9.67. The Morgan fingerprint density at radius 3 is 2.83 bits per heavy atom. The third-order valence-corrected chi connectivity index (χ3v) is 4.51. The molecule has 2 N–H and O–H groups in total. The van der Waals surface area contributed by atoms with Gasteiger partial charge < -0.3 is 15.4 Å². The number of carbonyl (C=O) groups is 1. The number of para-hydroxylation sites is 1. The lowest BCUT2D eigenvalue weighted by Gasteiger charge is -2.36. The van der Waals surface area contributed by atoms with Gasteiger partial charge in [-0.25, -0.2) is 0 Å². The summed E-state index contributed by atoms with van der Waals surface area (Å²) in [5.74, 6) is 0.831. The van der Waals surface area contributed by atoms with E-state index in [1.165, 1.54) is 0 Å². The Hall–Kier alpha value is -2.34. The number of aromatic nitrogens is 2. The van der Waals surface area contributed by atoms with Crippen LogP contribution in [0.25, 0.3) is 0 Å². The Morgan fingerprint density at radius 1 is 1.33 bits per heavy atom. The molecule has 1 aromatic carbocycles. The maximum atomic E-state index is 13.0. The molecule has 0 unspecified atom stereocenters. The van der Waals surface area contributed by atoms with Crippen molar-refractivity contribution < 1.29 is 9.53 Å². The highest BCUT2D eigenvalue weighted by molar-refractivity contribution is 5.84. The van der Waals surface area contributed by atoms with Crippen LogP contribution in [0.5, 0.6) is 5.75 Å². The van der Waals surface area contributed by atoms with Crippen molar-refractivity contribution in [3.8, 4) is 5.75 Å². The summed E-state index contributed by atoms with van der Waals surface area (Å²) in [6.45, 7) is 4.63. The van der Waals surface area contributed by atoms with Crippen molar-refractivity contribution in [2.24, 2.45) is 0 Å². The van der Waals surface area contributed by atoms with Gasteiger partial charge in [0.1, 0.15) is 11.3 Å². The number of benzene rings is 1. The molecule has 2 aromatic rings. The van der Waals surface area contributed by atoms with Gasteiger partial charge in [-0.2, -0.15) is 5.10 Å². The van der Waals surface area contributed by atoms with Gasteiger partial charge in [-0.1, -0.05) is 18.2 Å².